The number of allylic oxidation sites excluding steroid dienone is 1. The third-order valence-electron chi connectivity index (χ3n) is 3.38. The summed E-state index contributed by atoms with van der Waals surface area (Å²) in [6, 6.07) is 13.9. The lowest BCUT2D eigenvalue weighted by atomic mass is 10.1. The van der Waals surface area contributed by atoms with Crippen molar-refractivity contribution < 1.29 is 19.1 Å². The first-order valence-corrected chi connectivity index (χ1v) is 7.40. The number of hydrogen-bond donors (Lipinski definition) is 1. The fourth-order valence-corrected chi connectivity index (χ4v) is 2.10. The van der Waals surface area contributed by atoms with E-state index in [-0.39, 0.29) is 18.1 Å². The molecule has 124 valence electrons. The highest BCUT2D eigenvalue weighted by atomic mass is 16.5. The Kier molecular flexibility index (Phi) is 6.14. The molecule has 5 heteroatoms. The number of ketones is 2. The van der Waals surface area contributed by atoms with Crippen molar-refractivity contribution in [3.63, 3.8) is 0 Å². The van der Waals surface area contributed by atoms with Crippen LogP contribution in [0.4, 0.5) is 0 Å². The number of methoxy groups -OCH3 is 2. The van der Waals surface area contributed by atoms with E-state index in [1.54, 1.807) is 30.3 Å². The highest BCUT2D eigenvalue weighted by molar-refractivity contribution is 6.05. The van der Waals surface area contributed by atoms with Gasteiger partial charge < -0.3 is 14.8 Å². The van der Waals surface area contributed by atoms with E-state index in [2.05, 4.69) is 5.32 Å². The molecule has 0 bridgehead atoms. The van der Waals surface area contributed by atoms with Crippen LogP contribution in [0.25, 0.3) is 0 Å². The van der Waals surface area contributed by atoms with Gasteiger partial charge in [-0.15, -0.1) is 0 Å². The topological polar surface area (TPSA) is 64.6 Å². The highest BCUT2D eigenvalue weighted by Gasteiger charge is 2.08. The molecule has 0 aliphatic heterocycles. The average molecular weight is 325 g/mol. The van der Waals surface area contributed by atoms with E-state index in [4.69, 9.17) is 9.47 Å². The molecule has 1 N–H and O–H groups in total. The molecule has 0 heterocycles. The van der Waals surface area contributed by atoms with Crippen LogP contribution < -0.4 is 14.8 Å². The van der Waals surface area contributed by atoms with Gasteiger partial charge in [0.1, 0.15) is 0 Å². The van der Waals surface area contributed by atoms with E-state index in [9.17, 15) is 9.59 Å². The summed E-state index contributed by atoms with van der Waals surface area (Å²) in [6.07, 6.45) is 2.85. The monoisotopic (exact) mass is 325 g/mol. The zero-order valence-electron chi connectivity index (χ0n) is 13.6. The summed E-state index contributed by atoms with van der Waals surface area (Å²) in [5.74, 6) is 0.808. The minimum absolute atomic E-state index is 0.0428. The van der Waals surface area contributed by atoms with Crippen LogP contribution in [-0.4, -0.2) is 32.3 Å². The number of Topliss-reactive ketones (excluding diaryl/α,β-unsaturated/α-hetero) is 1. The predicted molar refractivity (Wildman–Crippen MR) is 91.8 cm³/mol. The average Bonchev–Trinajstić information content (AvgIpc) is 2.64. The van der Waals surface area contributed by atoms with Crippen molar-refractivity contribution in [2.24, 2.45) is 0 Å². The van der Waals surface area contributed by atoms with Crippen molar-refractivity contribution in [1.82, 2.24) is 5.32 Å². The molecule has 0 spiro atoms. The molecular weight excluding hydrogens is 306 g/mol. The Labute approximate surface area is 140 Å². The van der Waals surface area contributed by atoms with Crippen molar-refractivity contribution in [2.45, 2.75) is 0 Å². The molecule has 2 aromatic carbocycles. The summed E-state index contributed by atoms with van der Waals surface area (Å²) in [5, 5.41) is 2.83. The van der Waals surface area contributed by atoms with Crippen molar-refractivity contribution in [3.05, 3.63) is 71.9 Å². The number of nitrogens with one attached hydrogen (secondary N) is 1. The van der Waals surface area contributed by atoms with E-state index < -0.39 is 0 Å². The van der Waals surface area contributed by atoms with E-state index in [1.165, 1.54) is 26.5 Å². The standard InChI is InChI=1S/C19H19NO4/c1-23-18-9-8-15(12-19(18)24-2)16(21)10-11-20-13-17(22)14-6-4-3-5-7-14/h3-12,20H,13H2,1-2H3. The Hall–Kier alpha value is -3.08. The molecule has 0 saturated carbocycles. The molecule has 0 radical (unpaired) electrons. The van der Waals surface area contributed by atoms with Crippen molar-refractivity contribution in [2.75, 3.05) is 20.8 Å². The second kappa shape index (κ2) is 8.53. The quantitative estimate of drug-likeness (QED) is 0.597. The van der Waals surface area contributed by atoms with Crippen LogP contribution >= 0.6 is 0 Å². The maximum Gasteiger partial charge on any atom is 0.187 e. The Morgan fingerprint density at radius 2 is 1.67 bits per heavy atom. The van der Waals surface area contributed by atoms with Gasteiger partial charge in [-0.1, -0.05) is 30.3 Å². The van der Waals surface area contributed by atoms with E-state index in [1.807, 2.05) is 18.2 Å². The molecule has 24 heavy (non-hydrogen) atoms. The molecule has 0 aromatic heterocycles. The summed E-state index contributed by atoms with van der Waals surface area (Å²) in [7, 11) is 3.05. The second-order valence-electron chi connectivity index (χ2n) is 4.94. The van der Waals surface area contributed by atoms with Gasteiger partial charge in [0, 0.05) is 23.4 Å². The molecule has 0 aliphatic carbocycles. The zero-order valence-corrected chi connectivity index (χ0v) is 13.6. The fourth-order valence-electron chi connectivity index (χ4n) is 2.10. The predicted octanol–water partition coefficient (Wildman–Crippen LogP) is 2.87. The SMILES string of the molecule is COc1ccc(C(=O)C=CNCC(=O)c2ccccc2)cc1OC. The number of rotatable bonds is 8. The summed E-state index contributed by atoms with van der Waals surface area (Å²) < 4.78 is 10.3. The van der Waals surface area contributed by atoms with Gasteiger partial charge in [-0.25, -0.2) is 0 Å². The number of carbonyl (C=O) groups excluding carboxylic acids is 2. The fraction of sp³-hybridized carbons (Fsp3) is 0.158. The number of ether oxygens (including phenoxy) is 2. The lowest BCUT2D eigenvalue weighted by Crippen LogP contribution is -2.18. The second-order valence-corrected chi connectivity index (χ2v) is 4.94. The molecule has 0 amide bonds. The third kappa shape index (κ3) is 4.46. The van der Waals surface area contributed by atoms with Gasteiger partial charge in [-0.05, 0) is 18.2 Å². The number of benzene rings is 2. The summed E-state index contributed by atoms with van der Waals surface area (Å²) in [6.45, 7) is 0.125. The Morgan fingerprint density at radius 3 is 2.33 bits per heavy atom. The summed E-state index contributed by atoms with van der Waals surface area (Å²) in [5.41, 5.74) is 1.10. The molecule has 0 unspecified atom stereocenters. The maximum atomic E-state index is 12.1. The molecule has 2 rings (SSSR count). The van der Waals surface area contributed by atoms with Gasteiger partial charge in [0.25, 0.3) is 0 Å². The van der Waals surface area contributed by atoms with Gasteiger partial charge in [0.2, 0.25) is 0 Å². The Bertz CT molecular complexity index is 738. The molecule has 0 saturated heterocycles. The first-order valence-electron chi connectivity index (χ1n) is 7.40. The molecular formula is C19H19NO4. The van der Waals surface area contributed by atoms with Gasteiger partial charge in [-0.2, -0.15) is 0 Å². The highest BCUT2D eigenvalue weighted by Crippen LogP contribution is 2.27. The van der Waals surface area contributed by atoms with Gasteiger partial charge in [0.15, 0.2) is 23.1 Å². The van der Waals surface area contributed by atoms with E-state index in [0.717, 1.165) is 0 Å². The normalized spacial score (nSPS) is 10.4. The van der Waals surface area contributed by atoms with Crippen LogP contribution in [0, 0.1) is 0 Å². The summed E-state index contributed by atoms with van der Waals surface area (Å²) in [4.78, 5) is 24.0. The maximum absolute atomic E-state index is 12.1. The van der Waals surface area contributed by atoms with Gasteiger partial charge in [-0.3, -0.25) is 9.59 Å². The number of carbonyl (C=O) groups is 2. The van der Waals surface area contributed by atoms with Crippen LogP contribution in [0.2, 0.25) is 0 Å². The minimum Gasteiger partial charge on any atom is -0.493 e. The Morgan fingerprint density at radius 1 is 0.958 bits per heavy atom. The smallest absolute Gasteiger partial charge is 0.187 e. The Balaban J connectivity index is 1.92. The van der Waals surface area contributed by atoms with Crippen molar-refractivity contribution in [3.8, 4) is 11.5 Å². The molecule has 2 aromatic rings. The van der Waals surface area contributed by atoms with E-state index in [0.29, 0.717) is 22.6 Å². The lowest BCUT2D eigenvalue weighted by Gasteiger charge is -2.08. The van der Waals surface area contributed by atoms with Crippen LogP contribution in [0.3, 0.4) is 0 Å². The van der Waals surface area contributed by atoms with Crippen LogP contribution in [0.5, 0.6) is 11.5 Å². The molecule has 5 nitrogen and oxygen atoms in total. The first kappa shape index (κ1) is 17.3. The lowest BCUT2D eigenvalue weighted by molar-refractivity contribution is 0.0992. The van der Waals surface area contributed by atoms with Crippen LogP contribution in [-0.2, 0) is 0 Å². The first-order chi connectivity index (χ1) is 11.7. The molecule has 0 fully saturated rings. The number of hydrogen-bond acceptors (Lipinski definition) is 5. The zero-order chi connectivity index (χ0) is 17.4. The molecule has 0 aliphatic rings. The van der Waals surface area contributed by atoms with Gasteiger partial charge >= 0.3 is 0 Å². The van der Waals surface area contributed by atoms with Crippen LogP contribution in [0.1, 0.15) is 20.7 Å². The van der Waals surface area contributed by atoms with Crippen molar-refractivity contribution in [1.29, 1.82) is 0 Å². The minimum atomic E-state index is -0.199. The molecule has 0 atom stereocenters. The summed E-state index contributed by atoms with van der Waals surface area (Å²) >= 11 is 0. The largest absolute Gasteiger partial charge is 0.493 e. The van der Waals surface area contributed by atoms with Crippen LogP contribution in [0.15, 0.2) is 60.8 Å². The van der Waals surface area contributed by atoms with Gasteiger partial charge in [0.05, 0.1) is 20.8 Å². The van der Waals surface area contributed by atoms with E-state index >= 15 is 0 Å². The van der Waals surface area contributed by atoms with Crippen molar-refractivity contribution >= 4 is 11.6 Å². The third-order valence-corrected chi connectivity index (χ3v) is 3.38.